The Labute approximate surface area is 108 Å². The molecule has 3 atom stereocenters. The van der Waals surface area contributed by atoms with E-state index in [0.29, 0.717) is 0 Å². The summed E-state index contributed by atoms with van der Waals surface area (Å²) >= 11 is 0. The summed E-state index contributed by atoms with van der Waals surface area (Å²) < 4.78 is 0. The van der Waals surface area contributed by atoms with Crippen LogP contribution < -0.4 is 5.32 Å². The Balaban J connectivity index is 2.46. The van der Waals surface area contributed by atoms with Gasteiger partial charge in [0.25, 0.3) is 0 Å². The van der Waals surface area contributed by atoms with E-state index in [9.17, 15) is 0 Å². The molecule has 1 saturated heterocycles. The Bertz CT molecular complexity index is 203. The molecule has 102 valence electrons. The highest BCUT2D eigenvalue weighted by Gasteiger charge is 2.28. The molecule has 3 unspecified atom stereocenters. The molecule has 1 aliphatic heterocycles. The highest BCUT2D eigenvalue weighted by molar-refractivity contribution is 4.83. The van der Waals surface area contributed by atoms with Gasteiger partial charge in [-0.2, -0.15) is 0 Å². The fourth-order valence-corrected chi connectivity index (χ4v) is 2.81. The molecule has 1 rings (SSSR count). The molecule has 0 aromatic rings. The molecular formula is C15H32N2. The molecule has 2 heteroatoms. The summed E-state index contributed by atoms with van der Waals surface area (Å²) in [5.41, 5.74) is 0. The second-order valence-electron chi connectivity index (χ2n) is 6.25. The van der Waals surface area contributed by atoms with Gasteiger partial charge in [0.15, 0.2) is 0 Å². The smallest absolute Gasteiger partial charge is 0.0243 e. The summed E-state index contributed by atoms with van der Waals surface area (Å²) in [4.78, 5) is 2.72. The van der Waals surface area contributed by atoms with Crippen molar-refractivity contribution in [2.75, 3.05) is 26.2 Å². The number of likely N-dealkylation sites (tertiary alicyclic amines) is 1. The number of hydrogen-bond acceptors (Lipinski definition) is 2. The number of rotatable bonds is 6. The van der Waals surface area contributed by atoms with Gasteiger partial charge in [-0.25, -0.2) is 0 Å². The van der Waals surface area contributed by atoms with Crippen LogP contribution in [-0.4, -0.2) is 37.1 Å². The Hall–Kier alpha value is -0.0800. The zero-order chi connectivity index (χ0) is 12.8. The van der Waals surface area contributed by atoms with E-state index in [-0.39, 0.29) is 0 Å². The van der Waals surface area contributed by atoms with Crippen LogP contribution in [0.2, 0.25) is 0 Å². The SMILES string of the molecule is CCCNCC(C(C)C)N1CCC(C)C(C)C1. The van der Waals surface area contributed by atoms with Gasteiger partial charge in [-0.3, -0.25) is 4.90 Å². The van der Waals surface area contributed by atoms with E-state index in [1.807, 2.05) is 0 Å². The van der Waals surface area contributed by atoms with Crippen LogP contribution in [0.4, 0.5) is 0 Å². The maximum atomic E-state index is 3.60. The fraction of sp³-hybridized carbons (Fsp3) is 1.00. The quantitative estimate of drug-likeness (QED) is 0.718. The maximum absolute atomic E-state index is 3.60. The molecule has 0 saturated carbocycles. The molecule has 0 amide bonds. The second kappa shape index (κ2) is 7.38. The minimum Gasteiger partial charge on any atom is -0.315 e. The van der Waals surface area contributed by atoms with E-state index in [2.05, 4.69) is 44.8 Å². The van der Waals surface area contributed by atoms with Crippen LogP contribution in [0.15, 0.2) is 0 Å². The summed E-state index contributed by atoms with van der Waals surface area (Å²) in [7, 11) is 0. The average Bonchev–Trinajstić information content (AvgIpc) is 2.28. The predicted octanol–water partition coefficient (Wildman–Crippen LogP) is 2.99. The van der Waals surface area contributed by atoms with Crippen molar-refractivity contribution in [2.45, 2.75) is 53.5 Å². The number of nitrogens with one attached hydrogen (secondary N) is 1. The lowest BCUT2D eigenvalue weighted by Gasteiger charge is -2.42. The minimum atomic E-state index is 0.719. The van der Waals surface area contributed by atoms with Crippen LogP contribution in [0.5, 0.6) is 0 Å². The molecule has 1 heterocycles. The molecule has 17 heavy (non-hydrogen) atoms. The van der Waals surface area contributed by atoms with Gasteiger partial charge in [0, 0.05) is 19.1 Å². The van der Waals surface area contributed by atoms with Crippen molar-refractivity contribution in [1.82, 2.24) is 10.2 Å². The molecule has 0 spiro atoms. The Morgan fingerprint density at radius 2 is 1.94 bits per heavy atom. The molecule has 0 bridgehead atoms. The lowest BCUT2D eigenvalue weighted by Crippen LogP contribution is -2.51. The van der Waals surface area contributed by atoms with Gasteiger partial charge >= 0.3 is 0 Å². The molecule has 2 nitrogen and oxygen atoms in total. The summed E-state index contributed by atoms with van der Waals surface area (Å²) in [6.45, 7) is 16.7. The van der Waals surface area contributed by atoms with Crippen molar-refractivity contribution < 1.29 is 0 Å². The highest BCUT2D eigenvalue weighted by atomic mass is 15.2. The van der Waals surface area contributed by atoms with E-state index >= 15 is 0 Å². The maximum Gasteiger partial charge on any atom is 0.0243 e. The molecule has 0 aromatic carbocycles. The van der Waals surface area contributed by atoms with E-state index in [1.165, 1.54) is 25.9 Å². The second-order valence-corrected chi connectivity index (χ2v) is 6.25. The Kier molecular flexibility index (Phi) is 6.50. The minimum absolute atomic E-state index is 0.719. The molecular weight excluding hydrogens is 208 g/mol. The Morgan fingerprint density at radius 3 is 2.47 bits per heavy atom. The first-order valence-electron chi connectivity index (χ1n) is 7.51. The van der Waals surface area contributed by atoms with E-state index in [1.54, 1.807) is 0 Å². The summed E-state index contributed by atoms with van der Waals surface area (Å²) in [5, 5.41) is 3.60. The van der Waals surface area contributed by atoms with Crippen molar-refractivity contribution in [3.8, 4) is 0 Å². The van der Waals surface area contributed by atoms with Gasteiger partial charge < -0.3 is 5.32 Å². The third kappa shape index (κ3) is 4.59. The largest absolute Gasteiger partial charge is 0.315 e. The molecule has 1 N–H and O–H groups in total. The number of piperidine rings is 1. The van der Waals surface area contributed by atoms with Crippen molar-refractivity contribution in [3.63, 3.8) is 0 Å². The predicted molar refractivity (Wildman–Crippen MR) is 76.3 cm³/mol. The van der Waals surface area contributed by atoms with Gasteiger partial charge in [-0.1, -0.05) is 34.6 Å². The van der Waals surface area contributed by atoms with Crippen molar-refractivity contribution in [2.24, 2.45) is 17.8 Å². The van der Waals surface area contributed by atoms with Crippen molar-refractivity contribution in [1.29, 1.82) is 0 Å². The van der Waals surface area contributed by atoms with Gasteiger partial charge in [0.2, 0.25) is 0 Å². The lowest BCUT2D eigenvalue weighted by molar-refractivity contribution is 0.0732. The van der Waals surface area contributed by atoms with Gasteiger partial charge in [-0.15, -0.1) is 0 Å². The summed E-state index contributed by atoms with van der Waals surface area (Å²) in [6.07, 6.45) is 2.61. The van der Waals surface area contributed by atoms with Crippen LogP contribution in [0.3, 0.4) is 0 Å². The van der Waals surface area contributed by atoms with Crippen LogP contribution >= 0.6 is 0 Å². The third-order valence-corrected chi connectivity index (χ3v) is 4.38. The zero-order valence-corrected chi connectivity index (χ0v) is 12.5. The average molecular weight is 240 g/mol. The zero-order valence-electron chi connectivity index (χ0n) is 12.5. The molecule has 1 fully saturated rings. The number of hydrogen-bond donors (Lipinski definition) is 1. The monoisotopic (exact) mass is 240 g/mol. The van der Waals surface area contributed by atoms with Crippen molar-refractivity contribution >= 4 is 0 Å². The first kappa shape index (κ1) is 15.0. The lowest BCUT2D eigenvalue weighted by atomic mass is 9.86. The molecule has 0 aliphatic carbocycles. The fourth-order valence-electron chi connectivity index (χ4n) is 2.81. The highest BCUT2D eigenvalue weighted by Crippen LogP contribution is 2.25. The van der Waals surface area contributed by atoms with Crippen LogP contribution in [0, 0.1) is 17.8 Å². The summed E-state index contributed by atoms with van der Waals surface area (Å²) in [5.74, 6) is 2.51. The van der Waals surface area contributed by atoms with E-state index in [0.717, 1.165) is 36.9 Å². The third-order valence-electron chi connectivity index (χ3n) is 4.38. The topological polar surface area (TPSA) is 15.3 Å². The van der Waals surface area contributed by atoms with Crippen molar-refractivity contribution in [3.05, 3.63) is 0 Å². The Morgan fingerprint density at radius 1 is 1.24 bits per heavy atom. The van der Waals surface area contributed by atoms with Crippen LogP contribution in [-0.2, 0) is 0 Å². The number of nitrogens with zero attached hydrogens (tertiary/aromatic N) is 1. The normalized spacial score (nSPS) is 28.6. The van der Waals surface area contributed by atoms with Gasteiger partial charge in [0.1, 0.15) is 0 Å². The van der Waals surface area contributed by atoms with Crippen LogP contribution in [0.1, 0.15) is 47.5 Å². The first-order chi connectivity index (χ1) is 8.06. The molecule has 0 radical (unpaired) electrons. The molecule has 0 aromatic heterocycles. The van der Waals surface area contributed by atoms with Gasteiger partial charge in [-0.05, 0) is 43.7 Å². The summed E-state index contributed by atoms with van der Waals surface area (Å²) in [6, 6.07) is 0.719. The first-order valence-corrected chi connectivity index (χ1v) is 7.51. The van der Waals surface area contributed by atoms with E-state index in [4.69, 9.17) is 0 Å². The molecule has 1 aliphatic rings. The van der Waals surface area contributed by atoms with Gasteiger partial charge in [0.05, 0.1) is 0 Å². The standard InChI is InChI=1S/C15H32N2/c1-6-8-16-10-15(12(2)3)17-9-7-13(4)14(5)11-17/h12-16H,6-11H2,1-5H3. The van der Waals surface area contributed by atoms with E-state index < -0.39 is 0 Å². The van der Waals surface area contributed by atoms with Crippen LogP contribution in [0.25, 0.3) is 0 Å².